The Morgan fingerprint density at radius 1 is 1.19 bits per heavy atom. The largest absolute Gasteiger partial charge is 0.495 e. The summed E-state index contributed by atoms with van der Waals surface area (Å²) in [5.41, 5.74) is 5.88. The minimum atomic E-state index is -4.00. The third-order valence-corrected chi connectivity index (χ3v) is 3.89. The Bertz CT molecular complexity index is 756. The maximum atomic E-state index is 12.3. The Hall–Kier alpha value is -2.49. The van der Waals surface area contributed by atoms with Gasteiger partial charge in [-0.05, 0) is 6.07 Å². The Morgan fingerprint density at radius 3 is 2.38 bits per heavy atom. The molecule has 0 fully saturated rings. The van der Waals surface area contributed by atoms with E-state index in [1.807, 2.05) is 0 Å². The molecule has 0 aliphatic heterocycles. The van der Waals surface area contributed by atoms with Gasteiger partial charge in [0.2, 0.25) is 5.89 Å². The quantitative estimate of drug-likeness (QED) is 0.774. The van der Waals surface area contributed by atoms with Crippen LogP contribution in [0.25, 0.3) is 0 Å². The van der Waals surface area contributed by atoms with Crippen molar-refractivity contribution in [1.29, 1.82) is 0 Å². The van der Waals surface area contributed by atoms with Crippen LogP contribution >= 0.6 is 0 Å². The Kier molecular flexibility index (Phi) is 3.89. The van der Waals surface area contributed by atoms with Crippen LogP contribution in [-0.4, -0.2) is 32.8 Å². The molecule has 1 heterocycles. The lowest BCUT2D eigenvalue weighted by molar-refractivity contribution is 0.387. The summed E-state index contributed by atoms with van der Waals surface area (Å²) in [6.07, 6.45) is 0. The van der Waals surface area contributed by atoms with Gasteiger partial charge in [0, 0.05) is 13.0 Å². The molecule has 1 aromatic carbocycles. The van der Waals surface area contributed by atoms with Gasteiger partial charge in [0.25, 0.3) is 10.0 Å². The fourth-order valence-corrected chi connectivity index (χ4v) is 2.72. The summed E-state index contributed by atoms with van der Waals surface area (Å²) in [6.45, 7) is 1.54. The molecule has 0 amide bonds. The molecule has 9 nitrogen and oxygen atoms in total. The fraction of sp³-hybridized carbons (Fsp3) is 0.273. The van der Waals surface area contributed by atoms with Gasteiger partial charge in [-0.15, -0.1) is 5.10 Å². The summed E-state index contributed by atoms with van der Waals surface area (Å²) >= 11 is 0. The topological polar surface area (TPSA) is 130 Å². The summed E-state index contributed by atoms with van der Waals surface area (Å²) in [4.78, 5) is -0.167. The number of nitrogens with two attached hydrogens (primary N) is 1. The second kappa shape index (κ2) is 5.48. The third-order valence-electron chi connectivity index (χ3n) is 2.55. The highest BCUT2D eigenvalue weighted by Crippen LogP contribution is 2.34. The molecule has 1 aromatic heterocycles. The monoisotopic (exact) mass is 314 g/mol. The van der Waals surface area contributed by atoms with Crippen molar-refractivity contribution in [2.75, 3.05) is 24.7 Å². The van der Waals surface area contributed by atoms with Crippen LogP contribution in [0.2, 0.25) is 0 Å². The normalized spacial score (nSPS) is 11.2. The van der Waals surface area contributed by atoms with Crippen molar-refractivity contribution in [2.24, 2.45) is 0 Å². The minimum absolute atomic E-state index is 0.0739. The van der Waals surface area contributed by atoms with Crippen LogP contribution in [0.15, 0.2) is 21.4 Å². The van der Waals surface area contributed by atoms with Crippen LogP contribution in [0.4, 0.5) is 11.7 Å². The number of methoxy groups -OCH3 is 2. The first-order chi connectivity index (χ1) is 9.87. The number of ether oxygens (including phenoxy) is 2. The number of rotatable bonds is 5. The van der Waals surface area contributed by atoms with Crippen molar-refractivity contribution in [3.8, 4) is 11.5 Å². The summed E-state index contributed by atoms with van der Waals surface area (Å²) in [5.74, 6) is 0.609. The van der Waals surface area contributed by atoms with Crippen molar-refractivity contribution in [3.63, 3.8) is 0 Å². The van der Waals surface area contributed by atoms with Crippen LogP contribution in [0.5, 0.6) is 11.5 Å². The minimum Gasteiger partial charge on any atom is -0.495 e. The zero-order valence-electron chi connectivity index (χ0n) is 11.6. The van der Waals surface area contributed by atoms with E-state index in [-0.39, 0.29) is 28.2 Å². The Labute approximate surface area is 121 Å². The van der Waals surface area contributed by atoms with E-state index < -0.39 is 10.0 Å². The SMILES string of the molecule is COc1cc(OC)c(S(=O)(=O)Nc2nnc(C)o2)cc1N. The van der Waals surface area contributed by atoms with Crippen molar-refractivity contribution in [2.45, 2.75) is 11.8 Å². The Balaban J connectivity index is 2.46. The van der Waals surface area contributed by atoms with E-state index in [2.05, 4.69) is 14.9 Å². The van der Waals surface area contributed by atoms with Crippen LogP contribution in [-0.2, 0) is 10.0 Å². The van der Waals surface area contributed by atoms with Crippen LogP contribution < -0.4 is 19.9 Å². The highest BCUT2D eigenvalue weighted by molar-refractivity contribution is 7.92. The molecule has 0 spiro atoms. The van der Waals surface area contributed by atoms with Gasteiger partial charge < -0.3 is 19.6 Å². The first-order valence-electron chi connectivity index (χ1n) is 5.72. The smallest absolute Gasteiger partial charge is 0.329 e. The molecule has 0 atom stereocenters. The maximum Gasteiger partial charge on any atom is 0.329 e. The van der Waals surface area contributed by atoms with E-state index in [0.29, 0.717) is 5.75 Å². The van der Waals surface area contributed by atoms with Crippen LogP contribution in [0, 0.1) is 6.92 Å². The molecule has 0 saturated heterocycles. The third kappa shape index (κ3) is 2.99. The van der Waals surface area contributed by atoms with Gasteiger partial charge in [0.05, 0.1) is 19.9 Å². The van der Waals surface area contributed by atoms with Gasteiger partial charge in [-0.2, -0.15) is 0 Å². The first-order valence-corrected chi connectivity index (χ1v) is 7.20. The molecular weight excluding hydrogens is 300 g/mol. The molecule has 0 bridgehead atoms. The molecule has 0 unspecified atom stereocenters. The van der Waals surface area contributed by atoms with Crippen molar-refractivity contribution < 1.29 is 22.3 Å². The van der Waals surface area contributed by atoms with E-state index in [9.17, 15) is 8.42 Å². The van der Waals surface area contributed by atoms with Crippen molar-refractivity contribution in [1.82, 2.24) is 10.2 Å². The molecule has 0 aliphatic rings. The highest BCUT2D eigenvalue weighted by Gasteiger charge is 2.24. The molecule has 10 heteroatoms. The van der Waals surface area contributed by atoms with Gasteiger partial charge in [-0.25, -0.2) is 13.1 Å². The van der Waals surface area contributed by atoms with Gasteiger partial charge in [-0.1, -0.05) is 5.10 Å². The summed E-state index contributed by atoms with van der Waals surface area (Å²) in [6, 6.07) is 2.36. The van der Waals surface area contributed by atoms with E-state index in [4.69, 9.17) is 19.6 Å². The van der Waals surface area contributed by atoms with Gasteiger partial charge in [0.1, 0.15) is 16.4 Å². The molecule has 0 saturated carbocycles. The number of aryl methyl sites for hydroxylation is 1. The second-order valence-corrected chi connectivity index (χ2v) is 5.63. The number of hydrogen-bond acceptors (Lipinski definition) is 8. The zero-order valence-corrected chi connectivity index (χ0v) is 12.4. The number of hydrogen-bond donors (Lipinski definition) is 2. The number of nitrogen functional groups attached to an aromatic ring is 1. The Morgan fingerprint density at radius 2 is 1.86 bits per heavy atom. The van der Waals surface area contributed by atoms with E-state index in [1.165, 1.54) is 33.3 Å². The lowest BCUT2D eigenvalue weighted by Gasteiger charge is -2.12. The lowest BCUT2D eigenvalue weighted by Crippen LogP contribution is -2.15. The molecule has 2 aromatic rings. The van der Waals surface area contributed by atoms with Crippen molar-refractivity contribution in [3.05, 3.63) is 18.0 Å². The average Bonchev–Trinajstić information content (AvgIpc) is 2.83. The molecule has 0 radical (unpaired) electrons. The average molecular weight is 314 g/mol. The molecule has 21 heavy (non-hydrogen) atoms. The van der Waals surface area contributed by atoms with Gasteiger partial charge in [0.15, 0.2) is 0 Å². The molecule has 3 N–H and O–H groups in total. The summed E-state index contributed by atoms with van der Waals surface area (Å²) in [5, 5.41) is 7.10. The highest BCUT2D eigenvalue weighted by atomic mass is 32.2. The number of aromatic nitrogens is 2. The van der Waals surface area contributed by atoms with Gasteiger partial charge >= 0.3 is 6.01 Å². The van der Waals surface area contributed by atoms with E-state index in [1.54, 1.807) is 0 Å². The predicted molar refractivity (Wildman–Crippen MR) is 73.8 cm³/mol. The maximum absolute atomic E-state index is 12.3. The van der Waals surface area contributed by atoms with Crippen LogP contribution in [0.1, 0.15) is 5.89 Å². The molecule has 2 rings (SSSR count). The van der Waals surface area contributed by atoms with E-state index >= 15 is 0 Å². The van der Waals surface area contributed by atoms with E-state index in [0.717, 1.165) is 0 Å². The predicted octanol–water partition coefficient (Wildman–Crippen LogP) is 0.778. The zero-order chi connectivity index (χ0) is 15.6. The standard InChI is InChI=1S/C11H14N4O5S/c1-6-13-14-11(20-6)15-21(16,17)10-4-7(12)8(18-2)5-9(10)19-3/h4-5H,12H2,1-3H3,(H,14,15). The van der Waals surface area contributed by atoms with Gasteiger partial charge in [-0.3, -0.25) is 0 Å². The molecule has 114 valence electrons. The summed E-state index contributed by atoms with van der Waals surface area (Å²) < 4.78 is 41.9. The fourth-order valence-electron chi connectivity index (χ4n) is 1.61. The number of benzene rings is 1. The number of sulfonamides is 1. The first kappa shape index (κ1) is 14.9. The lowest BCUT2D eigenvalue weighted by atomic mass is 10.3. The summed E-state index contributed by atoms with van der Waals surface area (Å²) in [7, 11) is -1.25. The second-order valence-electron chi connectivity index (χ2n) is 3.98. The van der Waals surface area contributed by atoms with Crippen molar-refractivity contribution >= 4 is 21.7 Å². The molecule has 0 aliphatic carbocycles. The number of anilines is 2. The number of nitrogens with one attached hydrogen (secondary N) is 1. The van der Waals surface area contributed by atoms with Crippen LogP contribution in [0.3, 0.4) is 0 Å². The number of nitrogens with zero attached hydrogens (tertiary/aromatic N) is 2. The molecular formula is C11H14N4O5S.